The van der Waals surface area contributed by atoms with Crippen molar-refractivity contribution >= 4 is 68.4 Å². The van der Waals surface area contributed by atoms with E-state index < -0.39 is 17.3 Å². The van der Waals surface area contributed by atoms with Crippen molar-refractivity contribution in [2.45, 2.75) is 40.7 Å². The number of imidazole rings is 1. The number of methoxy groups -OCH3 is 1. The maximum atomic E-state index is 13.3. The smallest absolute Gasteiger partial charge is 0.348 e. The second-order valence-electron chi connectivity index (χ2n) is 10.6. The summed E-state index contributed by atoms with van der Waals surface area (Å²) in [5.74, 6) is 0.110. The normalized spacial score (nSPS) is 11.4. The topological polar surface area (TPSA) is 112 Å². The van der Waals surface area contributed by atoms with Gasteiger partial charge in [0.15, 0.2) is 0 Å². The number of benzene rings is 2. The van der Waals surface area contributed by atoms with Gasteiger partial charge in [-0.1, -0.05) is 50.0 Å². The van der Waals surface area contributed by atoms with Gasteiger partial charge >= 0.3 is 5.97 Å². The van der Waals surface area contributed by atoms with Crippen LogP contribution in [0.15, 0.2) is 36.4 Å². The molecule has 2 N–H and O–H groups in total. The molecule has 0 aliphatic heterocycles. The molecule has 0 atom stereocenters. The summed E-state index contributed by atoms with van der Waals surface area (Å²) in [7, 11) is 3.17. The van der Waals surface area contributed by atoms with Crippen LogP contribution in [0.3, 0.4) is 0 Å². The summed E-state index contributed by atoms with van der Waals surface area (Å²) in [6, 6.07) is 10.2. The van der Waals surface area contributed by atoms with Gasteiger partial charge in [0.2, 0.25) is 5.91 Å². The molecule has 4 rings (SSSR count). The molecule has 0 aliphatic rings. The lowest BCUT2D eigenvalue weighted by Gasteiger charge is -2.18. The lowest BCUT2D eigenvalue weighted by molar-refractivity contribution is -0.128. The minimum atomic E-state index is -0.527. The number of fused-ring (bicyclic) bond motifs is 1. The maximum Gasteiger partial charge on any atom is 0.348 e. The van der Waals surface area contributed by atoms with Gasteiger partial charge in [0.1, 0.15) is 16.5 Å². The number of carbonyl (C=O) groups is 3. The van der Waals surface area contributed by atoms with Crippen molar-refractivity contribution in [3.8, 4) is 5.75 Å². The molecule has 0 spiro atoms. The molecule has 0 unspecified atom stereocenters. The van der Waals surface area contributed by atoms with Crippen LogP contribution in [-0.2, 0) is 29.5 Å². The molecular weight excluding hydrogens is 599 g/mol. The molecule has 222 valence electrons. The molecule has 2 aromatic carbocycles. The van der Waals surface area contributed by atoms with Gasteiger partial charge in [-0.2, -0.15) is 0 Å². The van der Waals surface area contributed by atoms with Crippen LogP contribution < -0.4 is 15.4 Å². The number of halogens is 2. The molecular formula is C30H32Cl2N4O5S. The summed E-state index contributed by atoms with van der Waals surface area (Å²) in [6.45, 7) is 7.99. The Bertz CT molecular complexity index is 1670. The average molecular weight is 632 g/mol. The van der Waals surface area contributed by atoms with E-state index in [9.17, 15) is 14.4 Å². The number of nitrogens with one attached hydrogen (secondary N) is 2. The predicted octanol–water partition coefficient (Wildman–Crippen LogP) is 6.63. The van der Waals surface area contributed by atoms with Crippen molar-refractivity contribution in [2.24, 2.45) is 12.5 Å². The summed E-state index contributed by atoms with van der Waals surface area (Å²) in [6.07, 6.45) is 0.320. The molecule has 0 bridgehead atoms. The number of aromatic nitrogens is 2. The molecule has 0 fully saturated rings. The van der Waals surface area contributed by atoms with E-state index in [4.69, 9.17) is 37.7 Å². The Morgan fingerprint density at radius 2 is 1.83 bits per heavy atom. The van der Waals surface area contributed by atoms with Gasteiger partial charge in [-0.3, -0.25) is 9.59 Å². The van der Waals surface area contributed by atoms with Gasteiger partial charge in [0.05, 0.1) is 40.3 Å². The molecule has 0 radical (unpaired) electrons. The first-order valence-corrected chi connectivity index (χ1v) is 14.8. The number of esters is 1. The molecule has 12 heteroatoms. The minimum Gasteiger partial charge on any atom is -0.493 e. The SMILES string of the molecule is CCOc1cc2c(cc1C(=O)Nc1ccc(C(=O)OC)s1)nc(Cc1c(Cl)ccc(CNC(=O)C(C)(C)C)c1Cl)n2C. The fourth-order valence-corrected chi connectivity index (χ4v) is 5.61. The maximum absolute atomic E-state index is 13.3. The van der Waals surface area contributed by atoms with Gasteiger partial charge in [-0.15, -0.1) is 11.3 Å². The standard InChI is InChI=1S/C30H32Cl2N4O5S/c1-7-41-22-14-21-20(12-18(22)27(37)35-25-11-10-23(42-25)28(38)40-6)34-24(36(21)5)13-17-19(31)9-8-16(26(17)32)15-33-29(39)30(2,3)4/h8-12,14H,7,13,15H2,1-6H3,(H,33,39)(H,35,37). The number of ether oxygens (including phenoxy) is 2. The summed E-state index contributed by atoms with van der Waals surface area (Å²) in [5, 5.41) is 7.18. The molecule has 4 aromatic rings. The van der Waals surface area contributed by atoms with Crippen LogP contribution >= 0.6 is 34.5 Å². The molecule has 0 saturated carbocycles. The number of hydrogen-bond donors (Lipinski definition) is 2. The Labute approximate surface area is 258 Å². The number of rotatable bonds is 9. The van der Waals surface area contributed by atoms with Crippen molar-refractivity contribution in [1.82, 2.24) is 14.9 Å². The van der Waals surface area contributed by atoms with Crippen LogP contribution in [0.25, 0.3) is 11.0 Å². The molecule has 42 heavy (non-hydrogen) atoms. The van der Waals surface area contributed by atoms with Crippen LogP contribution in [0.5, 0.6) is 5.75 Å². The minimum absolute atomic E-state index is 0.0849. The number of anilines is 1. The van der Waals surface area contributed by atoms with E-state index in [0.29, 0.717) is 61.2 Å². The third-order valence-electron chi connectivity index (χ3n) is 6.57. The third kappa shape index (κ3) is 6.72. The van der Waals surface area contributed by atoms with Gasteiger partial charge in [-0.05, 0) is 42.3 Å². The van der Waals surface area contributed by atoms with Crippen molar-refractivity contribution in [3.05, 3.63) is 73.8 Å². The highest BCUT2D eigenvalue weighted by Gasteiger charge is 2.23. The summed E-state index contributed by atoms with van der Waals surface area (Å²) >= 11 is 14.5. The van der Waals surface area contributed by atoms with E-state index >= 15 is 0 Å². The van der Waals surface area contributed by atoms with Crippen molar-refractivity contribution in [1.29, 1.82) is 0 Å². The first-order chi connectivity index (χ1) is 19.8. The van der Waals surface area contributed by atoms with Crippen LogP contribution in [0, 0.1) is 5.41 Å². The second kappa shape index (κ2) is 12.7. The third-order valence-corrected chi connectivity index (χ3v) is 8.38. The highest BCUT2D eigenvalue weighted by molar-refractivity contribution is 7.18. The summed E-state index contributed by atoms with van der Waals surface area (Å²) in [5.41, 5.74) is 2.55. The molecule has 2 amide bonds. The van der Waals surface area contributed by atoms with E-state index in [-0.39, 0.29) is 12.5 Å². The second-order valence-corrected chi connectivity index (χ2v) is 12.4. The van der Waals surface area contributed by atoms with E-state index in [1.54, 1.807) is 36.4 Å². The fourth-order valence-electron chi connectivity index (χ4n) is 4.22. The average Bonchev–Trinajstić information content (AvgIpc) is 3.53. The van der Waals surface area contributed by atoms with Gasteiger partial charge in [0.25, 0.3) is 5.91 Å². The van der Waals surface area contributed by atoms with Gasteiger partial charge in [-0.25, -0.2) is 9.78 Å². The highest BCUT2D eigenvalue weighted by Crippen LogP contribution is 2.33. The molecule has 0 saturated heterocycles. The first kappa shape index (κ1) is 31.3. The monoisotopic (exact) mass is 630 g/mol. The summed E-state index contributed by atoms with van der Waals surface area (Å²) < 4.78 is 12.5. The lowest BCUT2D eigenvalue weighted by atomic mass is 9.95. The van der Waals surface area contributed by atoms with Crippen LogP contribution in [-0.4, -0.2) is 41.1 Å². The first-order valence-electron chi connectivity index (χ1n) is 13.2. The number of nitrogens with zero attached hydrogens (tertiary/aromatic N) is 2. The van der Waals surface area contributed by atoms with Crippen LogP contribution in [0.1, 0.15) is 64.7 Å². The lowest BCUT2D eigenvalue weighted by Crippen LogP contribution is -2.34. The Balaban J connectivity index is 1.64. The molecule has 2 aromatic heterocycles. The van der Waals surface area contributed by atoms with Crippen LogP contribution in [0.2, 0.25) is 10.0 Å². The van der Waals surface area contributed by atoms with Crippen molar-refractivity contribution in [3.63, 3.8) is 0 Å². The zero-order chi connectivity index (χ0) is 30.8. The highest BCUT2D eigenvalue weighted by atomic mass is 35.5. The van der Waals surface area contributed by atoms with E-state index in [2.05, 4.69) is 10.6 Å². The van der Waals surface area contributed by atoms with Crippen LogP contribution in [0.4, 0.5) is 5.00 Å². The Kier molecular flexibility index (Phi) is 9.50. The molecule has 0 aliphatic carbocycles. The van der Waals surface area contributed by atoms with E-state index in [1.807, 2.05) is 39.3 Å². The Morgan fingerprint density at radius 3 is 2.50 bits per heavy atom. The quantitative estimate of drug-likeness (QED) is 0.201. The number of thiophene rings is 1. The largest absolute Gasteiger partial charge is 0.493 e. The number of aryl methyl sites for hydroxylation is 1. The number of hydrogen-bond acceptors (Lipinski definition) is 7. The van der Waals surface area contributed by atoms with E-state index in [1.165, 1.54) is 7.11 Å². The van der Waals surface area contributed by atoms with E-state index in [0.717, 1.165) is 22.4 Å². The molecule has 2 heterocycles. The Hall–Kier alpha value is -3.60. The van der Waals surface area contributed by atoms with Gasteiger partial charge < -0.3 is 24.7 Å². The fraction of sp³-hybridized carbons (Fsp3) is 0.333. The molecule has 9 nitrogen and oxygen atoms in total. The zero-order valence-electron chi connectivity index (χ0n) is 24.2. The van der Waals surface area contributed by atoms with Gasteiger partial charge in [0, 0.05) is 36.5 Å². The van der Waals surface area contributed by atoms with Crippen molar-refractivity contribution < 1.29 is 23.9 Å². The van der Waals surface area contributed by atoms with Crippen molar-refractivity contribution in [2.75, 3.05) is 19.0 Å². The summed E-state index contributed by atoms with van der Waals surface area (Å²) in [4.78, 5) is 42.6. The zero-order valence-corrected chi connectivity index (χ0v) is 26.5. The Morgan fingerprint density at radius 1 is 1.10 bits per heavy atom. The number of amides is 2. The number of carbonyl (C=O) groups excluding carboxylic acids is 3. The predicted molar refractivity (Wildman–Crippen MR) is 166 cm³/mol.